The van der Waals surface area contributed by atoms with Gasteiger partial charge < -0.3 is 5.32 Å². The molecule has 0 bridgehead atoms. The van der Waals surface area contributed by atoms with Crippen molar-refractivity contribution in [1.82, 2.24) is 10.3 Å². The first-order chi connectivity index (χ1) is 7.65. The zero-order valence-electron chi connectivity index (χ0n) is 11.5. The van der Waals surface area contributed by atoms with E-state index in [4.69, 9.17) is 0 Å². The summed E-state index contributed by atoms with van der Waals surface area (Å²) in [7, 11) is 1.60. The van der Waals surface area contributed by atoms with Gasteiger partial charge in [0.15, 0.2) is 0 Å². The van der Waals surface area contributed by atoms with E-state index in [9.17, 15) is 4.79 Å². The maximum atomic E-state index is 11.1. The molecule has 1 rings (SSSR count). The molecule has 0 aromatic carbocycles. The van der Waals surface area contributed by atoms with Crippen molar-refractivity contribution < 1.29 is 4.79 Å². The molecule has 3 nitrogen and oxygen atoms in total. The fraction of sp³-hybridized carbons (Fsp3) is 0.538. The second kappa shape index (κ2) is 10.1. The highest BCUT2D eigenvalue weighted by Crippen LogP contribution is 2.04. The van der Waals surface area contributed by atoms with Gasteiger partial charge in [0.1, 0.15) is 5.69 Å². The van der Waals surface area contributed by atoms with Crippen molar-refractivity contribution in [1.29, 1.82) is 0 Å². The van der Waals surface area contributed by atoms with Gasteiger partial charge in [0.25, 0.3) is 5.91 Å². The van der Waals surface area contributed by atoms with Crippen LogP contribution in [0.4, 0.5) is 0 Å². The van der Waals surface area contributed by atoms with Gasteiger partial charge in [0.2, 0.25) is 0 Å². The lowest BCUT2D eigenvalue weighted by molar-refractivity contribution is 0.0958. The van der Waals surface area contributed by atoms with Gasteiger partial charge in [0.05, 0.1) is 0 Å². The van der Waals surface area contributed by atoms with Gasteiger partial charge in [-0.15, -0.1) is 0 Å². The lowest BCUT2D eigenvalue weighted by Gasteiger charge is -2.01. The van der Waals surface area contributed by atoms with Crippen molar-refractivity contribution in [2.45, 2.75) is 41.5 Å². The minimum Gasteiger partial charge on any atom is -0.354 e. The average Bonchev–Trinajstić information content (AvgIpc) is 2.36. The zero-order chi connectivity index (χ0) is 13.1. The molecule has 92 valence electrons. The third kappa shape index (κ3) is 5.49. The Kier molecular flexibility index (Phi) is 10.8. The Balaban J connectivity index is 0. The third-order valence-corrected chi connectivity index (χ3v) is 1.81. The van der Waals surface area contributed by atoms with E-state index in [2.05, 4.69) is 10.3 Å². The van der Waals surface area contributed by atoms with E-state index in [1.54, 1.807) is 13.1 Å². The molecule has 1 N–H and O–H groups in total. The maximum absolute atomic E-state index is 11.1. The Labute approximate surface area is 99.3 Å². The fourth-order valence-corrected chi connectivity index (χ4v) is 0.885. The molecular weight excluding hydrogens is 200 g/mol. The van der Waals surface area contributed by atoms with Crippen LogP contribution in [0.15, 0.2) is 12.1 Å². The number of rotatable bonds is 1. The number of hydrogen-bond donors (Lipinski definition) is 1. The molecule has 1 amide bonds. The van der Waals surface area contributed by atoms with Gasteiger partial charge in [-0.3, -0.25) is 4.79 Å². The Morgan fingerprint density at radius 1 is 1.12 bits per heavy atom. The van der Waals surface area contributed by atoms with Gasteiger partial charge in [-0.1, -0.05) is 33.8 Å². The highest BCUT2D eigenvalue weighted by Gasteiger charge is 2.04. The van der Waals surface area contributed by atoms with Crippen LogP contribution in [0.5, 0.6) is 0 Å². The van der Waals surface area contributed by atoms with E-state index in [0.717, 1.165) is 11.3 Å². The van der Waals surface area contributed by atoms with Crippen LogP contribution in [-0.2, 0) is 0 Å². The first kappa shape index (κ1) is 17.0. The third-order valence-electron chi connectivity index (χ3n) is 1.81. The number of carbonyl (C=O) groups excluding carboxylic acids is 1. The summed E-state index contributed by atoms with van der Waals surface area (Å²) >= 11 is 0. The summed E-state index contributed by atoms with van der Waals surface area (Å²) in [6, 6.07) is 3.62. The van der Waals surface area contributed by atoms with Crippen molar-refractivity contribution >= 4 is 5.91 Å². The van der Waals surface area contributed by atoms with Gasteiger partial charge in [0, 0.05) is 12.7 Å². The first-order valence-electron chi connectivity index (χ1n) is 5.81. The van der Waals surface area contributed by atoms with Gasteiger partial charge in [-0.25, -0.2) is 4.98 Å². The molecule has 0 aliphatic rings. The Morgan fingerprint density at radius 3 is 2.00 bits per heavy atom. The molecule has 1 aromatic rings. The molecule has 0 atom stereocenters. The molecule has 0 aliphatic heterocycles. The van der Waals surface area contributed by atoms with E-state index in [1.807, 2.05) is 47.6 Å². The van der Waals surface area contributed by atoms with E-state index in [1.165, 1.54) is 0 Å². The monoisotopic (exact) mass is 224 g/mol. The van der Waals surface area contributed by atoms with Crippen LogP contribution in [0.25, 0.3) is 0 Å². The van der Waals surface area contributed by atoms with E-state index < -0.39 is 0 Å². The van der Waals surface area contributed by atoms with Crippen LogP contribution in [0.2, 0.25) is 0 Å². The SMILES string of the molecule is CC.CC.CNC(=O)c1ccc(C)c(C)n1. The number of hydrogen-bond acceptors (Lipinski definition) is 2. The molecule has 0 fully saturated rings. The van der Waals surface area contributed by atoms with Crippen molar-refractivity contribution in [2.24, 2.45) is 0 Å². The smallest absolute Gasteiger partial charge is 0.269 e. The molecule has 0 unspecified atom stereocenters. The predicted octanol–water partition coefficient (Wildman–Crippen LogP) is 3.11. The van der Waals surface area contributed by atoms with Gasteiger partial charge in [-0.05, 0) is 25.5 Å². The number of amides is 1. The lowest BCUT2D eigenvalue weighted by Crippen LogP contribution is -2.19. The van der Waals surface area contributed by atoms with Crippen LogP contribution in [0.3, 0.4) is 0 Å². The number of aromatic nitrogens is 1. The average molecular weight is 224 g/mol. The summed E-state index contributed by atoms with van der Waals surface area (Å²) in [5, 5.41) is 2.53. The fourth-order valence-electron chi connectivity index (χ4n) is 0.885. The summed E-state index contributed by atoms with van der Waals surface area (Å²) in [6.07, 6.45) is 0. The number of pyridine rings is 1. The van der Waals surface area contributed by atoms with Gasteiger partial charge >= 0.3 is 0 Å². The summed E-state index contributed by atoms with van der Waals surface area (Å²) in [4.78, 5) is 15.2. The summed E-state index contributed by atoms with van der Waals surface area (Å²) in [6.45, 7) is 11.9. The lowest BCUT2D eigenvalue weighted by atomic mass is 10.2. The Hall–Kier alpha value is -1.38. The molecule has 1 heterocycles. The normalized spacial score (nSPS) is 7.94. The molecule has 0 aliphatic carbocycles. The molecule has 0 saturated heterocycles. The van der Waals surface area contributed by atoms with Crippen LogP contribution < -0.4 is 5.32 Å². The largest absolute Gasteiger partial charge is 0.354 e. The van der Waals surface area contributed by atoms with Crippen LogP contribution in [0.1, 0.15) is 49.4 Å². The second-order valence-corrected chi connectivity index (χ2v) is 2.68. The Bertz CT molecular complexity index is 309. The molecule has 16 heavy (non-hydrogen) atoms. The number of aryl methyl sites for hydroxylation is 2. The van der Waals surface area contributed by atoms with Crippen molar-refractivity contribution in [3.63, 3.8) is 0 Å². The van der Waals surface area contributed by atoms with Crippen molar-refractivity contribution in [2.75, 3.05) is 7.05 Å². The number of nitrogens with one attached hydrogen (secondary N) is 1. The molecule has 3 heteroatoms. The van der Waals surface area contributed by atoms with Crippen LogP contribution in [0, 0.1) is 13.8 Å². The molecule has 0 saturated carbocycles. The molecule has 0 spiro atoms. The van der Waals surface area contributed by atoms with Crippen molar-refractivity contribution in [3.05, 3.63) is 29.1 Å². The number of nitrogens with zero attached hydrogens (tertiary/aromatic N) is 1. The van der Waals surface area contributed by atoms with E-state index in [-0.39, 0.29) is 5.91 Å². The summed E-state index contributed by atoms with van der Waals surface area (Å²) in [5.74, 6) is -0.141. The standard InChI is InChI=1S/C9H12N2O.2C2H6/c1-6-4-5-8(9(12)10-3)11-7(6)2;2*1-2/h4-5H,1-3H3,(H,10,12);2*1-2H3. The molecule has 0 radical (unpaired) electrons. The first-order valence-corrected chi connectivity index (χ1v) is 5.81. The predicted molar refractivity (Wildman–Crippen MR) is 69.8 cm³/mol. The Morgan fingerprint density at radius 2 is 1.62 bits per heavy atom. The van der Waals surface area contributed by atoms with Gasteiger partial charge in [-0.2, -0.15) is 0 Å². The zero-order valence-corrected chi connectivity index (χ0v) is 11.5. The molecular formula is C13H24N2O. The molecule has 1 aromatic heterocycles. The minimum atomic E-state index is -0.141. The van der Waals surface area contributed by atoms with E-state index in [0.29, 0.717) is 5.69 Å². The van der Waals surface area contributed by atoms with Crippen molar-refractivity contribution in [3.8, 4) is 0 Å². The highest BCUT2D eigenvalue weighted by atomic mass is 16.1. The maximum Gasteiger partial charge on any atom is 0.269 e. The topological polar surface area (TPSA) is 42.0 Å². The second-order valence-electron chi connectivity index (χ2n) is 2.68. The quantitative estimate of drug-likeness (QED) is 0.796. The summed E-state index contributed by atoms with van der Waals surface area (Å²) < 4.78 is 0. The van der Waals surface area contributed by atoms with E-state index >= 15 is 0 Å². The van der Waals surface area contributed by atoms with Crippen LogP contribution >= 0.6 is 0 Å². The van der Waals surface area contributed by atoms with Crippen LogP contribution in [-0.4, -0.2) is 17.9 Å². The minimum absolute atomic E-state index is 0.141. The summed E-state index contributed by atoms with van der Waals surface area (Å²) in [5.41, 5.74) is 2.47. The highest BCUT2D eigenvalue weighted by molar-refractivity contribution is 5.92. The number of carbonyl (C=O) groups is 1.